The van der Waals surface area contributed by atoms with Crippen LogP contribution in [-0.2, 0) is 0 Å². The van der Waals surface area contributed by atoms with Gasteiger partial charge in [-0.1, -0.05) is 13.1 Å². The molecule has 4 heteroatoms. The highest BCUT2D eigenvalue weighted by molar-refractivity contribution is 7.56. The predicted molar refractivity (Wildman–Crippen MR) is 41.9 cm³/mol. The Morgan fingerprint density at radius 3 is 1.25 bits per heavy atom. The molecule has 0 aromatic carbocycles. The van der Waals surface area contributed by atoms with Crippen molar-refractivity contribution < 1.29 is 4.11 Å². The standard InChI is InChI=1S/C4H12ClFSi2/c1-7(2,5)8(3,4)6/h1-4H3. The third-order valence-corrected chi connectivity index (χ3v) is 16.8. The fourth-order valence-electron chi connectivity index (χ4n) is 0. The lowest BCUT2D eigenvalue weighted by Crippen LogP contribution is -2.46. The summed E-state index contributed by atoms with van der Waals surface area (Å²) in [5.74, 6) is 0. The van der Waals surface area contributed by atoms with Gasteiger partial charge in [-0.2, -0.15) is 11.1 Å². The van der Waals surface area contributed by atoms with Crippen LogP contribution in [0.5, 0.6) is 0 Å². The van der Waals surface area contributed by atoms with Crippen molar-refractivity contribution in [2.45, 2.75) is 26.2 Å². The van der Waals surface area contributed by atoms with Crippen molar-refractivity contribution >= 4 is 25.9 Å². The number of halogens is 2. The van der Waals surface area contributed by atoms with Gasteiger partial charge in [0, 0.05) is 0 Å². The highest BCUT2D eigenvalue weighted by atomic mass is 35.6. The molecule has 50 valence electrons. The molecule has 0 N–H and O–H groups in total. The normalized spacial score (nSPS) is 14.2. The average molecular weight is 171 g/mol. The molecule has 0 rings (SSSR count). The van der Waals surface area contributed by atoms with E-state index in [4.69, 9.17) is 11.1 Å². The minimum Gasteiger partial charge on any atom is -0.317 e. The monoisotopic (exact) mass is 170 g/mol. The third kappa shape index (κ3) is 2.28. The molecule has 0 aliphatic carbocycles. The molecule has 0 bridgehead atoms. The van der Waals surface area contributed by atoms with Crippen LogP contribution in [0.25, 0.3) is 0 Å². The molecule has 0 amide bonds. The molecule has 0 aliphatic heterocycles. The zero-order valence-corrected chi connectivity index (χ0v) is 8.51. The highest BCUT2D eigenvalue weighted by Crippen LogP contribution is 2.23. The van der Waals surface area contributed by atoms with Crippen molar-refractivity contribution in [3.63, 3.8) is 0 Å². The molecule has 8 heavy (non-hydrogen) atoms. The molecule has 0 spiro atoms. The summed E-state index contributed by atoms with van der Waals surface area (Å²) in [5.41, 5.74) is 0. The van der Waals surface area contributed by atoms with Gasteiger partial charge in [0.1, 0.15) is 0 Å². The van der Waals surface area contributed by atoms with E-state index in [0.717, 1.165) is 0 Å². The molecule has 0 aromatic rings. The van der Waals surface area contributed by atoms with Gasteiger partial charge in [-0.3, -0.25) is 0 Å². The molecule has 0 saturated carbocycles. The molecule has 0 aromatic heterocycles. The highest BCUT2D eigenvalue weighted by Gasteiger charge is 2.41. The van der Waals surface area contributed by atoms with E-state index in [9.17, 15) is 4.11 Å². The Morgan fingerprint density at radius 2 is 1.25 bits per heavy atom. The van der Waals surface area contributed by atoms with Crippen LogP contribution in [0.1, 0.15) is 0 Å². The van der Waals surface area contributed by atoms with E-state index in [0.29, 0.717) is 0 Å². The quantitative estimate of drug-likeness (QED) is 0.420. The molecule has 0 radical (unpaired) electrons. The van der Waals surface area contributed by atoms with Gasteiger partial charge in [0.05, 0.1) is 0 Å². The lowest BCUT2D eigenvalue weighted by atomic mass is 11.9. The summed E-state index contributed by atoms with van der Waals surface area (Å²) < 4.78 is 13.0. The van der Waals surface area contributed by atoms with Gasteiger partial charge >= 0.3 is 0 Å². The fraction of sp³-hybridized carbons (Fsp3) is 1.00. The van der Waals surface area contributed by atoms with Crippen molar-refractivity contribution in [3.8, 4) is 0 Å². The fourth-order valence-corrected chi connectivity index (χ4v) is 0. The maximum Gasteiger partial charge on any atom is 0.245 e. The van der Waals surface area contributed by atoms with Gasteiger partial charge < -0.3 is 4.11 Å². The molecular weight excluding hydrogens is 159 g/mol. The first-order valence-electron chi connectivity index (χ1n) is 2.63. The zero-order chi connectivity index (χ0) is 7.00. The lowest BCUT2D eigenvalue weighted by Gasteiger charge is -2.22. The van der Waals surface area contributed by atoms with Crippen molar-refractivity contribution in [3.05, 3.63) is 0 Å². The Bertz CT molecular complexity index is 69.0. The van der Waals surface area contributed by atoms with Gasteiger partial charge in [-0.15, -0.1) is 0 Å². The van der Waals surface area contributed by atoms with Crippen LogP contribution in [0.3, 0.4) is 0 Å². The maximum absolute atomic E-state index is 13.0. The van der Waals surface area contributed by atoms with Crippen LogP contribution >= 0.6 is 11.1 Å². The topological polar surface area (TPSA) is 0 Å². The first kappa shape index (κ1) is 8.65. The molecule has 0 saturated heterocycles. The molecule has 0 nitrogen and oxygen atoms in total. The first-order chi connectivity index (χ1) is 3.25. The van der Waals surface area contributed by atoms with E-state index < -0.39 is 14.8 Å². The predicted octanol–water partition coefficient (Wildman–Crippen LogP) is 2.68. The first-order valence-corrected chi connectivity index (χ1v) is 10.5. The Labute approximate surface area is 56.7 Å². The van der Waals surface area contributed by atoms with Crippen LogP contribution in [0.4, 0.5) is 4.11 Å². The largest absolute Gasteiger partial charge is 0.317 e. The van der Waals surface area contributed by atoms with Gasteiger partial charge in [0.2, 0.25) is 7.93 Å². The number of hydrogen-bond donors (Lipinski definition) is 0. The van der Waals surface area contributed by atoms with E-state index in [-0.39, 0.29) is 0 Å². The van der Waals surface area contributed by atoms with E-state index in [1.165, 1.54) is 0 Å². The van der Waals surface area contributed by atoms with Crippen molar-refractivity contribution in [1.82, 2.24) is 0 Å². The summed E-state index contributed by atoms with van der Waals surface area (Å²) in [5, 5.41) is 0. The summed E-state index contributed by atoms with van der Waals surface area (Å²) >= 11 is 5.83. The second-order valence-electron chi connectivity index (χ2n) is 2.94. The second kappa shape index (κ2) is 2.12. The Kier molecular flexibility index (Phi) is 2.29. The molecular formula is C4H12ClFSi2. The maximum atomic E-state index is 13.0. The third-order valence-electron chi connectivity index (χ3n) is 1.41. The molecule has 0 heterocycles. The van der Waals surface area contributed by atoms with E-state index in [1.54, 1.807) is 13.1 Å². The van der Waals surface area contributed by atoms with Gasteiger partial charge in [-0.05, 0) is 13.1 Å². The van der Waals surface area contributed by atoms with Crippen LogP contribution < -0.4 is 0 Å². The second-order valence-corrected chi connectivity index (χ2v) is 19.9. The summed E-state index contributed by atoms with van der Waals surface area (Å²) in [6.07, 6.45) is 0. The smallest absolute Gasteiger partial charge is 0.245 e. The van der Waals surface area contributed by atoms with Crippen molar-refractivity contribution in [1.29, 1.82) is 0 Å². The van der Waals surface area contributed by atoms with Crippen molar-refractivity contribution in [2.75, 3.05) is 0 Å². The van der Waals surface area contributed by atoms with Crippen LogP contribution in [0.2, 0.25) is 26.2 Å². The Hall–Kier alpha value is 0.654. The lowest BCUT2D eigenvalue weighted by molar-refractivity contribution is 0.829. The zero-order valence-electron chi connectivity index (χ0n) is 5.76. The van der Waals surface area contributed by atoms with Crippen LogP contribution in [0, 0.1) is 0 Å². The SMILES string of the molecule is C[Si](C)(F)[Si](C)(C)Cl. The average Bonchev–Trinajstić information content (AvgIpc) is 1.25. The number of rotatable bonds is 1. The van der Waals surface area contributed by atoms with Gasteiger partial charge in [-0.25, -0.2) is 0 Å². The van der Waals surface area contributed by atoms with Crippen molar-refractivity contribution in [2.24, 2.45) is 0 Å². The minimum absolute atomic E-state index is 1.67. The van der Waals surface area contributed by atoms with Gasteiger partial charge in [0.25, 0.3) is 0 Å². The van der Waals surface area contributed by atoms with E-state index in [2.05, 4.69) is 0 Å². The molecule has 0 aliphatic rings. The summed E-state index contributed by atoms with van der Waals surface area (Å²) in [6, 6.07) is 0. The molecule has 0 atom stereocenters. The van der Waals surface area contributed by atoms with Gasteiger partial charge in [0.15, 0.2) is 6.90 Å². The van der Waals surface area contributed by atoms with E-state index in [1.807, 2.05) is 13.1 Å². The van der Waals surface area contributed by atoms with Crippen LogP contribution in [-0.4, -0.2) is 14.8 Å². The number of hydrogen-bond acceptors (Lipinski definition) is 0. The Morgan fingerprint density at radius 1 is 1.12 bits per heavy atom. The minimum atomic E-state index is -2.45. The summed E-state index contributed by atoms with van der Waals surface area (Å²) in [6.45, 7) is 5.16. The molecule has 0 unspecified atom stereocenters. The Balaban J connectivity index is 4.02. The summed E-state index contributed by atoms with van der Waals surface area (Å²) in [7, 11) is -2.45. The summed E-state index contributed by atoms with van der Waals surface area (Å²) in [4.78, 5) is 0. The molecule has 0 fully saturated rings. The van der Waals surface area contributed by atoms with E-state index >= 15 is 0 Å². The van der Waals surface area contributed by atoms with Crippen LogP contribution in [0.15, 0.2) is 0 Å².